The van der Waals surface area contributed by atoms with E-state index in [4.69, 9.17) is 19.9 Å². The number of fused-ring (bicyclic) bond motifs is 19. The fraction of sp³-hybridized carbons (Fsp3) is 0. The Hall–Kier alpha value is -18.5. The Bertz CT molecular complexity index is 9470. The SMILES string of the molecule is c1ccc(-c2ccc(-n3c4ccccc4c4ccc(-c5cccc6c5c5ccncc5n6-c5ccccc5)cc43)cc2)cc1.c1ccc(-c2nc(-c3ccccc3)nc(-n3c4ccccc4c4ccc(-c5cccc6c5c5ccncc5n6-c5ccccc5)cc43)n2)cc1.c1ccc(-n2c3cccc(-c4ccc5c6ccccc6n(-c6ccc7ccccc7c6)c5c4)c3c3cccnc32)cc1. The third kappa shape index (κ3) is 13.2. The van der Waals surface area contributed by atoms with Crippen LogP contribution in [0.4, 0.5) is 0 Å². The maximum absolute atomic E-state index is 5.13. The minimum Gasteiger partial charge on any atom is -0.309 e. The van der Waals surface area contributed by atoms with E-state index in [1.807, 2.05) is 104 Å². The van der Waals surface area contributed by atoms with Crippen LogP contribution in [0, 0.1) is 0 Å². The van der Waals surface area contributed by atoms with E-state index >= 15 is 0 Å². The van der Waals surface area contributed by atoms with Crippen molar-refractivity contribution in [2.75, 3.05) is 0 Å². The van der Waals surface area contributed by atoms with Crippen LogP contribution in [-0.4, -0.2) is 57.3 Å². The molecule has 0 saturated heterocycles. The van der Waals surface area contributed by atoms with Gasteiger partial charge >= 0.3 is 0 Å². The number of rotatable bonds is 12. The molecule has 0 radical (unpaired) electrons. The highest BCUT2D eigenvalue weighted by atomic mass is 15.2. The molecular weight excluding hydrogens is 1660 g/mol. The van der Waals surface area contributed by atoms with Gasteiger partial charge in [-0.05, 0) is 195 Å². The summed E-state index contributed by atoms with van der Waals surface area (Å²) in [4.78, 5) is 29.1. The van der Waals surface area contributed by atoms with E-state index in [2.05, 4.69) is 420 Å². The van der Waals surface area contributed by atoms with Gasteiger partial charge in [-0.1, -0.05) is 315 Å². The second-order valence-corrected chi connectivity index (χ2v) is 34.5. The Kier molecular flexibility index (Phi) is 19.0. The molecule has 0 bridgehead atoms. The molecule has 12 nitrogen and oxygen atoms in total. The molecule has 0 atom stereocenters. The van der Waals surface area contributed by atoms with E-state index in [0.29, 0.717) is 17.6 Å². The van der Waals surface area contributed by atoms with Gasteiger partial charge in [0.1, 0.15) is 5.65 Å². The van der Waals surface area contributed by atoms with Gasteiger partial charge in [0.25, 0.3) is 0 Å². The van der Waals surface area contributed by atoms with Crippen molar-refractivity contribution in [1.29, 1.82) is 0 Å². The van der Waals surface area contributed by atoms with Crippen LogP contribution in [0.1, 0.15) is 0 Å². The minimum atomic E-state index is 0.575. The normalized spacial score (nSPS) is 11.7. The lowest BCUT2D eigenvalue weighted by atomic mass is 9.98. The molecule has 18 aromatic carbocycles. The maximum Gasteiger partial charge on any atom is 0.238 e. The van der Waals surface area contributed by atoms with E-state index in [-0.39, 0.29) is 0 Å². The molecule has 12 heteroatoms. The lowest BCUT2D eigenvalue weighted by Crippen LogP contribution is -2.06. The van der Waals surface area contributed by atoms with Gasteiger partial charge in [-0.2, -0.15) is 9.97 Å². The van der Waals surface area contributed by atoms with Crippen LogP contribution in [0.15, 0.2) is 486 Å². The first-order chi connectivity index (χ1) is 67.5. The molecule has 0 aliphatic carbocycles. The number of pyridine rings is 3. The van der Waals surface area contributed by atoms with Gasteiger partial charge in [0.05, 0.1) is 73.1 Å². The van der Waals surface area contributed by atoms with E-state index in [9.17, 15) is 0 Å². The summed E-state index contributed by atoms with van der Waals surface area (Å²) in [6, 6.07) is 161. The first kappa shape index (κ1) is 78.5. The van der Waals surface area contributed by atoms with E-state index in [0.717, 1.165) is 105 Å². The summed E-state index contributed by atoms with van der Waals surface area (Å²) in [6.07, 6.45) is 9.60. The Balaban J connectivity index is 0.000000106. The molecule has 0 aliphatic heterocycles. The summed E-state index contributed by atoms with van der Waals surface area (Å²) in [7, 11) is 0. The third-order valence-corrected chi connectivity index (χ3v) is 26.8. The molecule has 10 aromatic heterocycles. The quantitative estimate of drug-likeness (QED) is 0.121. The summed E-state index contributed by atoms with van der Waals surface area (Å²) in [5.41, 5.74) is 30.5. The molecule has 0 spiro atoms. The van der Waals surface area contributed by atoms with E-state index < -0.39 is 0 Å². The predicted molar refractivity (Wildman–Crippen MR) is 562 cm³/mol. The fourth-order valence-electron chi connectivity index (χ4n) is 20.8. The summed E-state index contributed by atoms with van der Waals surface area (Å²) >= 11 is 0. The van der Waals surface area contributed by atoms with Gasteiger partial charge in [-0.3, -0.25) is 19.1 Å². The number of hydrogen-bond acceptors (Lipinski definition) is 6. The highest BCUT2D eigenvalue weighted by Crippen LogP contribution is 2.47. The highest BCUT2D eigenvalue weighted by Gasteiger charge is 2.26. The van der Waals surface area contributed by atoms with Crippen molar-refractivity contribution in [1.82, 2.24) is 57.3 Å². The van der Waals surface area contributed by atoms with Crippen molar-refractivity contribution in [2.24, 2.45) is 0 Å². The number of para-hydroxylation sites is 6. The van der Waals surface area contributed by atoms with Gasteiger partial charge in [0.15, 0.2) is 11.6 Å². The van der Waals surface area contributed by atoms with Crippen molar-refractivity contribution in [3.63, 3.8) is 0 Å². The fourth-order valence-corrected chi connectivity index (χ4v) is 20.8. The number of nitrogens with zero attached hydrogens (tertiary/aromatic N) is 12. The van der Waals surface area contributed by atoms with Crippen molar-refractivity contribution in [2.45, 2.75) is 0 Å². The maximum atomic E-state index is 5.13. The molecule has 0 amide bonds. The molecule has 0 aliphatic rings. The van der Waals surface area contributed by atoms with Crippen molar-refractivity contribution >= 4 is 142 Å². The van der Waals surface area contributed by atoms with Gasteiger partial charge in [-0.15, -0.1) is 0 Å². The van der Waals surface area contributed by atoms with Crippen LogP contribution in [-0.2, 0) is 0 Å². The topological polar surface area (TPSA) is 107 Å². The molecule has 0 saturated carbocycles. The Morgan fingerprint density at radius 2 is 0.507 bits per heavy atom. The molecule has 136 heavy (non-hydrogen) atoms. The lowest BCUT2D eigenvalue weighted by molar-refractivity contribution is 0.953. The number of benzene rings is 18. The van der Waals surface area contributed by atoms with Crippen LogP contribution in [0.3, 0.4) is 0 Å². The van der Waals surface area contributed by atoms with Crippen LogP contribution in [0.2, 0.25) is 0 Å². The Morgan fingerprint density at radius 1 is 0.169 bits per heavy atom. The van der Waals surface area contributed by atoms with Gasteiger partial charge in [-0.25, -0.2) is 9.97 Å². The summed E-state index contributed by atoms with van der Waals surface area (Å²) < 4.78 is 13.9. The van der Waals surface area contributed by atoms with E-state index in [1.165, 1.54) is 121 Å². The van der Waals surface area contributed by atoms with Crippen molar-refractivity contribution in [3.8, 4) is 102 Å². The van der Waals surface area contributed by atoms with Gasteiger partial charge < -0.3 is 18.3 Å². The van der Waals surface area contributed by atoms with Crippen LogP contribution in [0.25, 0.3) is 243 Å². The summed E-state index contributed by atoms with van der Waals surface area (Å²) in [5.74, 6) is 1.83. The zero-order valence-corrected chi connectivity index (χ0v) is 73.6. The van der Waals surface area contributed by atoms with E-state index in [1.54, 1.807) is 0 Å². The highest BCUT2D eigenvalue weighted by molar-refractivity contribution is 6.21. The molecular formula is C124H80N12. The van der Waals surface area contributed by atoms with Crippen molar-refractivity contribution in [3.05, 3.63) is 486 Å². The monoisotopic (exact) mass is 1740 g/mol. The molecule has 0 fully saturated rings. The first-order valence-corrected chi connectivity index (χ1v) is 45.9. The Morgan fingerprint density at radius 3 is 0.993 bits per heavy atom. The zero-order chi connectivity index (χ0) is 89.7. The third-order valence-electron chi connectivity index (χ3n) is 26.8. The zero-order valence-electron chi connectivity index (χ0n) is 73.6. The number of hydrogen-bond donors (Lipinski definition) is 0. The minimum absolute atomic E-state index is 0.575. The van der Waals surface area contributed by atoms with Crippen LogP contribution < -0.4 is 0 Å². The van der Waals surface area contributed by atoms with Gasteiger partial charge in [0, 0.05) is 123 Å². The molecule has 0 N–H and O–H groups in total. The summed E-state index contributed by atoms with van der Waals surface area (Å²) in [6.45, 7) is 0. The van der Waals surface area contributed by atoms with Crippen LogP contribution in [0.5, 0.6) is 0 Å². The number of aromatic nitrogens is 12. The molecule has 28 aromatic rings. The average molecular weight is 1740 g/mol. The van der Waals surface area contributed by atoms with Gasteiger partial charge in [0.2, 0.25) is 5.95 Å². The van der Waals surface area contributed by atoms with Crippen molar-refractivity contribution < 1.29 is 0 Å². The van der Waals surface area contributed by atoms with Crippen LogP contribution >= 0.6 is 0 Å². The second kappa shape index (κ2) is 32.8. The second-order valence-electron chi connectivity index (χ2n) is 34.5. The summed E-state index contributed by atoms with van der Waals surface area (Å²) in [5, 5.41) is 16.9. The standard InChI is InChI=1S/C44H28N6.C41H27N3.C39H25N3/c1-4-13-29(14-5-1)42-46-43(30-15-6-2-7-16-30)48-44(47-42)50-37-21-11-10-19-34(37)35-24-23-31(27-39(35)50)33-20-12-22-38-41(33)36-25-26-45-28-40(36)49(38)32-17-8-3-9-18-32;1-3-10-28(11-4-1)29-18-21-32(22-19-29)43-37-16-8-7-14-34(37)35-23-20-30(26-39(35)43)33-15-9-17-38-41(33)36-24-25-42-27-40(36)44(38)31-12-5-2-6-13-31;1-2-12-29(13-3-1)42-36-18-8-15-31(38(36)34-16-9-23-40-39(34)42)28-20-22-33-32-14-6-7-17-35(32)41(37(33)25-28)30-21-19-26-10-4-5-11-27(26)24-30/h1-28H;1-27H;1-25H. The lowest BCUT2D eigenvalue weighted by Gasteiger charge is -2.12. The predicted octanol–water partition coefficient (Wildman–Crippen LogP) is 31.2. The largest absolute Gasteiger partial charge is 0.309 e. The molecule has 0 unspecified atom stereocenters. The first-order valence-electron chi connectivity index (χ1n) is 45.9. The smallest absolute Gasteiger partial charge is 0.238 e. The Labute approximate surface area is 781 Å². The average Bonchev–Trinajstić information content (AvgIpc) is 1.58. The molecule has 10 heterocycles. The molecule has 636 valence electrons. The molecule has 28 rings (SSSR count).